The third-order valence-corrected chi connectivity index (χ3v) is 5.41. The van der Waals surface area contributed by atoms with Gasteiger partial charge in [0.2, 0.25) is 11.8 Å². The number of hydrogen-bond donors (Lipinski definition) is 0. The summed E-state index contributed by atoms with van der Waals surface area (Å²) in [6.45, 7) is 7.45. The van der Waals surface area contributed by atoms with Crippen molar-refractivity contribution in [2.45, 2.75) is 26.7 Å². The van der Waals surface area contributed by atoms with Crippen molar-refractivity contribution < 1.29 is 9.53 Å². The van der Waals surface area contributed by atoms with Gasteiger partial charge in [0.1, 0.15) is 5.82 Å². The number of likely N-dealkylation sites (N-methyl/N-ethyl adjacent to an activating group) is 1. The maximum atomic E-state index is 12.8. The van der Waals surface area contributed by atoms with Crippen LogP contribution in [-0.2, 0) is 12.8 Å². The minimum absolute atomic E-state index is 0.00886. The zero-order valence-corrected chi connectivity index (χ0v) is 18.8. The highest BCUT2D eigenvalue weighted by Crippen LogP contribution is 2.22. The number of nitrogens with zero attached hydrogens (tertiary/aromatic N) is 6. The number of hydrogen-bond acceptors (Lipinski definition) is 8. The molecule has 8 heteroatoms. The summed E-state index contributed by atoms with van der Waals surface area (Å²) < 4.78 is 5.93. The van der Waals surface area contributed by atoms with E-state index in [1.807, 2.05) is 44.2 Å². The van der Waals surface area contributed by atoms with Gasteiger partial charge in [0.25, 0.3) is 0 Å². The number of rotatable bonds is 7. The molecule has 0 spiro atoms. The molecule has 8 nitrogen and oxygen atoms in total. The highest BCUT2D eigenvalue weighted by Gasteiger charge is 2.19. The first kappa shape index (κ1) is 21.8. The maximum Gasteiger partial charge on any atom is 0.328 e. The Balaban J connectivity index is 1.55. The van der Waals surface area contributed by atoms with Crippen molar-refractivity contribution in [2.24, 2.45) is 0 Å². The second-order valence-electron chi connectivity index (χ2n) is 8.00. The third kappa shape index (κ3) is 5.45. The van der Waals surface area contributed by atoms with E-state index in [2.05, 4.69) is 36.8 Å². The topological polar surface area (TPSA) is 84.3 Å². The molecular weight excluding hydrogens is 404 g/mol. The predicted molar refractivity (Wildman–Crippen MR) is 122 cm³/mol. The number of carbonyl (C=O) groups excluding carboxylic acids is 1. The lowest BCUT2D eigenvalue weighted by molar-refractivity contribution is 0.0992. The van der Waals surface area contributed by atoms with E-state index in [9.17, 15) is 4.79 Å². The number of ketones is 1. The van der Waals surface area contributed by atoms with Crippen molar-refractivity contribution in [3.63, 3.8) is 0 Å². The summed E-state index contributed by atoms with van der Waals surface area (Å²) >= 11 is 0. The number of aromatic nitrogens is 4. The highest BCUT2D eigenvalue weighted by molar-refractivity contribution is 5.97. The maximum absolute atomic E-state index is 12.8. The number of piperazine rings is 1. The Bertz CT molecular complexity index is 1080. The molecule has 1 aromatic carbocycles. The monoisotopic (exact) mass is 432 g/mol. The summed E-state index contributed by atoms with van der Waals surface area (Å²) in [5.41, 5.74) is 2.22. The van der Waals surface area contributed by atoms with Crippen LogP contribution in [0, 0.1) is 6.92 Å². The summed E-state index contributed by atoms with van der Waals surface area (Å²) in [4.78, 5) is 35.2. The number of anilines is 1. The number of pyridine rings is 1. The Morgan fingerprint density at radius 1 is 1.00 bits per heavy atom. The SMILES string of the molecule is CCc1nc(Oc2cc(C(=O)Cc3ccccc3)cc(C)n2)nc(N2CCN(C)CC2)n1. The van der Waals surface area contributed by atoms with E-state index in [4.69, 9.17) is 4.74 Å². The van der Waals surface area contributed by atoms with Crippen LogP contribution in [0.4, 0.5) is 5.95 Å². The first-order chi connectivity index (χ1) is 15.5. The highest BCUT2D eigenvalue weighted by atomic mass is 16.5. The fraction of sp³-hybridized carbons (Fsp3) is 0.375. The van der Waals surface area contributed by atoms with Gasteiger partial charge in [-0.25, -0.2) is 4.98 Å². The average molecular weight is 433 g/mol. The average Bonchev–Trinajstić information content (AvgIpc) is 2.79. The largest absolute Gasteiger partial charge is 0.405 e. The molecule has 1 fully saturated rings. The molecule has 4 rings (SSSR count). The van der Waals surface area contributed by atoms with Gasteiger partial charge >= 0.3 is 6.01 Å². The molecule has 0 saturated carbocycles. The molecule has 0 amide bonds. The molecule has 3 heterocycles. The number of aryl methyl sites for hydroxylation is 2. The van der Waals surface area contributed by atoms with Gasteiger partial charge in [-0.15, -0.1) is 0 Å². The fourth-order valence-electron chi connectivity index (χ4n) is 3.57. The molecular formula is C24H28N6O2. The Morgan fingerprint density at radius 2 is 1.75 bits per heavy atom. The Labute approximate surface area is 188 Å². The molecule has 1 aliphatic rings. The smallest absolute Gasteiger partial charge is 0.328 e. The molecule has 0 atom stereocenters. The minimum atomic E-state index is 0.00886. The van der Waals surface area contributed by atoms with Crippen molar-refractivity contribution >= 4 is 11.7 Å². The molecule has 0 aliphatic carbocycles. The van der Waals surface area contributed by atoms with Crippen LogP contribution >= 0.6 is 0 Å². The second-order valence-corrected chi connectivity index (χ2v) is 8.00. The summed E-state index contributed by atoms with van der Waals surface area (Å²) in [6, 6.07) is 13.3. The van der Waals surface area contributed by atoms with Crippen LogP contribution in [0.1, 0.15) is 34.4 Å². The predicted octanol–water partition coefficient (Wildman–Crippen LogP) is 3.11. The first-order valence-electron chi connectivity index (χ1n) is 10.9. The van der Waals surface area contributed by atoms with Crippen molar-refractivity contribution in [1.29, 1.82) is 0 Å². The van der Waals surface area contributed by atoms with Crippen molar-refractivity contribution in [2.75, 3.05) is 38.1 Å². The molecule has 0 unspecified atom stereocenters. The van der Waals surface area contributed by atoms with Gasteiger partial charge in [-0.3, -0.25) is 4.79 Å². The van der Waals surface area contributed by atoms with E-state index in [1.54, 1.807) is 12.1 Å². The van der Waals surface area contributed by atoms with Crippen molar-refractivity contribution in [3.05, 3.63) is 65.1 Å². The van der Waals surface area contributed by atoms with Gasteiger partial charge in [0.05, 0.1) is 0 Å². The lowest BCUT2D eigenvalue weighted by Gasteiger charge is -2.32. The molecule has 1 saturated heterocycles. The molecule has 2 aromatic heterocycles. The Morgan fingerprint density at radius 3 is 2.47 bits per heavy atom. The summed E-state index contributed by atoms with van der Waals surface area (Å²) in [7, 11) is 2.11. The molecule has 3 aromatic rings. The summed E-state index contributed by atoms with van der Waals surface area (Å²) in [5, 5.41) is 0. The van der Waals surface area contributed by atoms with Gasteiger partial charge in [-0.1, -0.05) is 37.3 Å². The van der Waals surface area contributed by atoms with Gasteiger partial charge in [-0.05, 0) is 25.6 Å². The van der Waals surface area contributed by atoms with Gasteiger partial charge < -0.3 is 14.5 Å². The van der Waals surface area contributed by atoms with Crippen LogP contribution in [0.5, 0.6) is 11.9 Å². The van der Waals surface area contributed by atoms with Gasteiger partial charge in [0, 0.05) is 56.3 Å². The molecule has 1 aliphatic heterocycles. The van der Waals surface area contributed by atoms with E-state index < -0.39 is 0 Å². The molecule has 0 bridgehead atoms. The quantitative estimate of drug-likeness (QED) is 0.527. The van der Waals surface area contributed by atoms with Crippen molar-refractivity contribution in [1.82, 2.24) is 24.8 Å². The molecule has 166 valence electrons. The normalized spacial score (nSPS) is 14.4. The van der Waals surface area contributed by atoms with Gasteiger partial charge in [-0.2, -0.15) is 15.0 Å². The standard InChI is InChI=1S/C24H28N6O2/c1-4-21-26-23(30-12-10-29(3)11-13-30)28-24(27-21)32-22-16-19(14-17(2)25-22)20(31)15-18-8-6-5-7-9-18/h5-9,14,16H,4,10-13,15H2,1-3H3. The van der Waals surface area contributed by atoms with Crippen molar-refractivity contribution in [3.8, 4) is 11.9 Å². The molecule has 32 heavy (non-hydrogen) atoms. The van der Waals surface area contributed by atoms with E-state index >= 15 is 0 Å². The first-order valence-corrected chi connectivity index (χ1v) is 10.9. The van der Waals surface area contributed by atoms with E-state index in [0.717, 1.165) is 31.7 Å². The van der Waals surface area contributed by atoms with Crippen LogP contribution in [0.3, 0.4) is 0 Å². The van der Waals surface area contributed by atoms with E-state index in [-0.39, 0.29) is 11.8 Å². The lowest BCUT2D eigenvalue weighted by atomic mass is 10.0. The number of ether oxygens (including phenoxy) is 1. The molecule has 0 N–H and O–H groups in total. The Hall–Kier alpha value is -3.39. The third-order valence-electron chi connectivity index (χ3n) is 5.41. The number of carbonyl (C=O) groups is 1. The van der Waals surface area contributed by atoms with Gasteiger partial charge in [0.15, 0.2) is 5.78 Å². The summed E-state index contributed by atoms with van der Waals surface area (Å²) in [5.74, 6) is 1.60. The van der Waals surface area contributed by atoms with Crippen LogP contribution in [0.2, 0.25) is 0 Å². The van der Waals surface area contributed by atoms with Crippen LogP contribution in [-0.4, -0.2) is 63.8 Å². The Kier molecular flexibility index (Phi) is 6.70. The number of Topliss-reactive ketones (excluding diaryl/α,β-unsaturated/α-hetero) is 1. The van der Waals surface area contributed by atoms with E-state index in [1.165, 1.54) is 0 Å². The van der Waals surface area contributed by atoms with E-state index in [0.29, 0.717) is 41.8 Å². The lowest BCUT2D eigenvalue weighted by Crippen LogP contribution is -2.45. The zero-order chi connectivity index (χ0) is 22.5. The summed E-state index contributed by atoms with van der Waals surface area (Å²) in [6.07, 6.45) is 0.991. The zero-order valence-electron chi connectivity index (χ0n) is 18.8. The second kappa shape index (κ2) is 9.82. The molecule has 0 radical (unpaired) electrons. The fourth-order valence-corrected chi connectivity index (χ4v) is 3.57. The minimum Gasteiger partial charge on any atom is -0.405 e. The van der Waals surface area contributed by atoms with Crippen LogP contribution in [0.25, 0.3) is 0 Å². The van der Waals surface area contributed by atoms with Crippen LogP contribution < -0.4 is 9.64 Å². The van der Waals surface area contributed by atoms with Crippen LogP contribution in [0.15, 0.2) is 42.5 Å². The number of benzene rings is 1.